The first-order valence-electron chi connectivity index (χ1n) is 8.05. The van der Waals surface area contributed by atoms with E-state index < -0.39 is 0 Å². The maximum atomic E-state index is 5.71. The number of ether oxygens (including phenoxy) is 1. The first-order chi connectivity index (χ1) is 9.70. The molecule has 0 aliphatic carbocycles. The quantitative estimate of drug-likeness (QED) is 0.794. The molecule has 2 heterocycles. The highest BCUT2D eigenvalue weighted by Crippen LogP contribution is 2.24. The van der Waals surface area contributed by atoms with Gasteiger partial charge in [0.15, 0.2) is 0 Å². The molecular weight excluding hydrogens is 250 g/mol. The van der Waals surface area contributed by atoms with Crippen LogP contribution in [0.25, 0.3) is 0 Å². The monoisotopic (exact) mass is 279 g/mol. The van der Waals surface area contributed by atoms with E-state index in [-0.39, 0.29) is 0 Å². The second-order valence-corrected chi connectivity index (χ2v) is 5.92. The van der Waals surface area contributed by atoms with Crippen molar-refractivity contribution in [1.82, 2.24) is 15.1 Å². The number of aromatic nitrogens is 2. The van der Waals surface area contributed by atoms with Gasteiger partial charge in [0.1, 0.15) is 0 Å². The van der Waals surface area contributed by atoms with Gasteiger partial charge in [-0.25, -0.2) is 0 Å². The topological polar surface area (TPSA) is 39.1 Å². The molecule has 1 aliphatic rings. The molecule has 2 unspecified atom stereocenters. The molecule has 0 saturated carbocycles. The van der Waals surface area contributed by atoms with Gasteiger partial charge in [0.2, 0.25) is 0 Å². The largest absolute Gasteiger partial charge is 0.378 e. The lowest BCUT2D eigenvalue weighted by molar-refractivity contribution is 0.101. The number of nitrogens with one attached hydrogen (secondary N) is 1. The molecule has 1 saturated heterocycles. The van der Waals surface area contributed by atoms with Gasteiger partial charge >= 0.3 is 0 Å². The predicted octanol–water partition coefficient (Wildman–Crippen LogP) is 3.12. The number of aryl methyl sites for hydroxylation is 2. The van der Waals surface area contributed by atoms with Crippen LogP contribution in [0.5, 0.6) is 0 Å². The molecular formula is C16H29N3O. The minimum atomic E-state index is 0.435. The molecule has 1 aliphatic heterocycles. The Morgan fingerprint density at radius 1 is 1.55 bits per heavy atom. The summed E-state index contributed by atoms with van der Waals surface area (Å²) in [5.74, 6) is 0. The summed E-state index contributed by atoms with van der Waals surface area (Å²) in [5.41, 5.74) is 2.51. The van der Waals surface area contributed by atoms with Crippen LogP contribution in [-0.2, 0) is 11.8 Å². The molecule has 1 N–H and O–H groups in total. The number of nitrogens with zero attached hydrogens (tertiary/aromatic N) is 2. The summed E-state index contributed by atoms with van der Waals surface area (Å²) in [5, 5.41) is 8.15. The van der Waals surface area contributed by atoms with Crippen molar-refractivity contribution < 1.29 is 4.74 Å². The van der Waals surface area contributed by atoms with E-state index in [2.05, 4.69) is 30.5 Å². The fourth-order valence-corrected chi connectivity index (χ4v) is 3.07. The standard InChI is InChI=1S/C16H29N3O/c1-4-10-17-16(15-12-19(3)18-13(15)2)9-5-7-14-8-6-11-20-14/h12,14,16-17H,4-11H2,1-3H3. The van der Waals surface area contributed by atoms with E-state index in [1.807, 2.05) is 11.7 Å². The molecule has 4 heteroatoms. The lowest BCUT2D eigenvalue weighted by Crippen LogP contribution is -2.23. The van der Waals surface area contributed by atoms with Gasteiger partial charge in [-0.15, -0.1) is 0 Å². The highest BCUT2D eigenvalue weighted by atomic mass is 16.5. The summed E-state index contributed by atoms with van der Waals surface area (Å²) < 4.78 is 7.63. The number of hydrogen-bond donors (Lipinski definition) is 1. The van der Waals surface area contributed by atoms with Crippen LogP contribution in [0.2, 0.25) is 0 Å². The molecule has 2 atom stereocenters. The summed E-state index contributed by atoms with van der Waals surface area (Å²) >= 11 is 0. The maximum absolute atomic E-state index is 5.71. The Morgan fingerprint density at radius 3 is 3.00 bits per heavy atom. The molecule has 1 aromatic heterocycles. The van der Waals surface area contributed by atoms with Gasteiger partial charge in [-0.05, 0) is 52.0 Å². The van der Waals surface area contributed by atoms with Crippen LogP contribution < -0.4 is 5.32 Å². The second kappa shape index (κ2) is 7.79. The van der Waals surface area contributed by atoms with Crippen molar-refractivity contribution in [2.24, 2.45) is 7.05 Å². The minimum absolute atomic E-state index is 0.435. The van der Waals surface area contributed by atoms with Gasteiger partial charge in [0.25, 0.3) is 0 Å². The van der Waals surface area contributed by atoms with Gasteiger partial charge < -0.3 is 10.1 Å². The Kier molecular flexibility index (Phi) is 6.05. The Bertz CT molecular complexity index is 396. The van der Waals surface area contributed by atoms with Crippen LogP contribution in [0.15, 0.2) is 6.20 Å². The predicted molar refractivity (Wildman–Crippen MR) is 81.8 cm³/mol. The third-order valence-corrected chi connectivity index (χ3v) is 4.11. The van der Waals surface area contributed by atoms with Gasteiger partial charge in [0, 0.05) is 31.5 Å². The molecule has 2 rings (SSSR count). The Labute approximate surface area is 122 Å². The van der Waals surface area contributed by atoms with Crippen molar-refractivity contribution in [3.05, 3.63) is 17.5 Å². The van der Waals surface area contributed by atoms with E-state index in [1.165, 1.54) is 44.1 Å². The zero-order valence-electron chi connectivity index (χ0n) is 13.2. The maximum Gasteiger partial charge on any atom is 0.0641 e. The molecule has 0 bridgehead atoms. The zero-order chi connectivity index (χ0) is 14.4. The minimum Gasteiger partial charge on any atom is -0.378 e. The first kappa shape index (κ1) is 15.5. The highest BCUT2D eigenvalue weighted by Gasteiger charge is 2.18. The fourth-order valence-electron chi connectivity index (χ4n) is 3.07. The normalized spacial score (nSPS) is 20.4. The van der Waals surface area contributed by atoms with Gasteiger partial charge in [-0.2, -0.15) is 5.10 Å². The molecule has 0 radical (unpaired) electrons. The van der Waals surface area contributed by atoms with E-state index >= 15 is 0 Å². The molecule has 0 spiro atoms. The molecule has 4 nitrogen and oxygen atoms in total. The zero-order valence-corrected chi connectivity index (χ0v) is 13.2. The van der Waals surface area contributed by atoms with Gasteiger partial charge in [-0.3, -0.25) is 4.68 Å². The van der Waals surface area contributed by atoms with Crippen LogP contribution in [0.4, 0.5) is 0 Å². The van der Waals surface area contributed by atoms with Crippen LogP contribution in [0, 0.1) is 6.92 Å². The Balaban J connectivity index is 1.87. The van der Waals surface area contributed by atoms with Crippen molar-refractivity contribution >= 4 is 0 Å². The van der Waals surface area contributed by atoms with E-state index in [4.69, 9.17) is 4.74 Å². The van der Waals surface area contributed by atoms with Crippen LogP contribution >= 0.6 is 0 Å². The summed E-state index contributed by atoms with van der Waals surface area (Å²) in [7, 11) is 2.00. The third-order valence-electron chi connectivity index (χ3n) is 4.11. The Hall–Kier alpha value is -0.870. The number of rotatable bonds is 8. The lowest BCUT2D eigenvalue weighted by atomic mass is 9.99. The Morgan fingerprint density at radius 2 is 2.40 bits per heavy atom. The molecule has 1 aromatic rings. The van der Waals surface area contributed by atoms with E-state index in [9.17, 15) is 0 Å². The van der Waals surface area contributed by atoms with E-state index in [0.717, 1.165) is 18.8 Å². The lowest BCUT2D eigenvalue weighted by Gasteiger charge is -2.19. The smallest absolute Gasteiger partial charge is 0.0641 e. The average Bonchev–Trinajstić information content (AvgIpc) is 3.03. The average molecular weight is 279 g/mol. The molecule has 20 heavy (non-hydrogen) atoms. The van der Waals surface area contributed by atoms with Crippen molar-refractivity contribution in [3.63, 3.8) is 0 Å². The summed E-state index contributed by atoms with van der Waals surface area (Å²) in [6.45, 7) is 6.35. The number of hydrogen-bond acceptors (Lipinski definition) is 3. The summed E-state index contributed by atoms with van der Waals surface area (Å²) in [6.07, 6.45) is 9.92. The van der Waals surface area contributed by atoms with Crippen molar-refractivity contribution in [3.8, 4) is 0 Å². The molecule has 114 valence electrons. The SMILES string of the molecule is CCCNC(CCCC1CCCO1)c1cn(C)nc1C. The van der Waals surface area contributed by atoms with Crippen molar-refractivity contribution in [2.45, 2.75) is 64.5 Å². The molecule has 1 fully saturated rings. The fraction of sp³-hybridized carbons (Fsp3) is 0.812. The molecule has 0 aromatic carbocycles. The highest BCUT2D eigenvalue weighted by molar-refractivity contribution is 5.20. The van der Waals surface area contributed by atoms with Gasteiger partial charge in [-0.1, -0.05) is 6.92 Å². The van der Waals surface area contributed by atoms with Gasteiger partial charge in [0.05, 0.1) is 11.8 Å². The van der Waals surface area contributed by atoms with Crippen LogP contribution in [0.1, 0.15) is 62.7 Å². The summed E-state index contributed by atoms with van der Waals surface area (Å²) in [6, 6.07) is 0.435. The van der Waals surface area contributed by atoms with Crippen molar-refractivity contribution in [2.75, 3.05) is 13.2 Å². The first-order valence-corrected chi connectivity index (χ1v) is 8.05. The molecule has 0 amide bonds. The van der Waals surface area contributed by atoms with E-state index in [1.54, 1.807) is 0 Å². The second-order valence-electron chi connectivity index (χ2n) is 5.92. The third kappa shape index (κ3) is 4.32. The van der Waals surface area contributed by atoms with Crippen LogP contribution in [-0.4, -0.2) is 29.0 Å². The van der Waals surface area contributed by atoms with Crippen molar-refractivity contribution in [1.29, 1.82) is 0 Å². The van der Waals surface area contributed by atoms with E-state index in [0.29, 0.717) is 12.1 Å². The summed E-state index contributed by atoms with van der Waals surface area (Å²) in [4.78, 5) is 0. The van der Waals surface area contributed by atoms with Crippen LogP contribution in [0.3, 0.4) is 0 Å².